The Morgan fingerprint density at radius 1 is 1.12 bits per heavy atom. The number of aromatic nitrogens is 4. The van der Waals surface area contributed by atoms with Crippen LogP contribution in [-0.4, -0.2) is 69.0 Å². The van der Waals surface area contributed by atoms with Crippen molar-refractivity contribution in [1.29, 1.82) is 0 Å². The van der Waals surface area contributed by atoms with Gasteiger partial charge in [-0.05, 0) is 43.0 Å². The largest absolute Gasteiger partial charge is 0.487 e. The second-order valence-corrected chi connectivity index (χ2v) is 10.4. The van der Waals surface area contributed by atoms with E-state index < -0.39 is 18.0 Å². The van der Waals surface area contributed by atoms with Crippen molar-refractivity contribution in [2.45, 2.75) is 51.4 Å². The molecule has 42 heavy (non-hydrogen) atoms. The maximum Gasteiger partial charge on any atom is 0.408 e. The predicted molar refractivity (Wildman–Crippen MR) is 147 cm³/mol. The number of halogens is 4. The van der Waals surface area contributed by atoms with Crippen molar-refractivity contribution in [1.82, 2.24) is 24.5 Å². The summed E-state index contributed by atoms with van der Waals surface area (Å²) in [7, 11) is 0. The quantitative estimate of drug-likeness (QED) is 0.155. The maximum atomic E-state index is 14.7. The number of likely N-dealkylation sites (tertiary alicyclic amines) is 1. The molecule has 1 fully saturated rings. The summed E-state index contributed by atoms with van der Waals surface area (Å²) in [6.07, 6.45) is -1.31. The Hall–Kier alpha value is -3.84. The molecule has 4 heterocycles. The molecule has 0 aliphatic carbocycles. The Labute approximate surface area is 239 Å². The van der Waals surface area contributed by atoms with Gasteiger partial charge in [-0.15, -0.1) is 10.2 Å². The van der Waals surface area contributed by atoms with Gasteiger partial charge >= 0.3 is 12.1 Å². The molecule has 1 saturated heterocycles. The van der Waals surface area contributed by atoms with Crippen LogP contribution in [0.15, 0.2) is 42.6 Å². The lowest BCUT2D eigenvalue weighted by Crippen LogP contribution is -2.38. The first kappa shape index (κ1) is 29.6. The van der Waals surface area contributed by atoms with E-state index in [0.717, 1.165) is 0 Å². The Bertz CT molecular complexity index is 1570. The lowest BCUT2D eigenvalue weighted by atomic mass is 10.0. The summed E-state index contributed by atoms with van der Waals surface area (Å²) in [6.45, 7) is 4.12. The zero-order valence-electron chi connectivity index (χ0n) is 23.3. The molecule has 2 atom stereocenters. The molecule has 4 aromatic rings. The lowest BCUT2D eigenvalue weighted by Gasteiger charge is -2.30. The van der Waals surface area contributed by atoms with Gasteiger partial charge in [0.1, 0.15) is 24.9 Å². The number of ether oxygens (including phenoxy) is 2. The van der Waals surface area contributed by atoms with Gasteiger partial charge in [-0.1, -0.05) is 26.0 Å². The first-order chi connectivity index (χ1) is 20.1. The van der Waals surface area contributed by atoms with Gasteiger partial charge < -0.3 is 15.2 Å². The van der Waals surface area contributed by atoms with Crippen LogP contribution in [0.4, 0.5) is 17.6 Å². The number of carbonyl (C=O) groups is 1. The standard InChI is InChI=1S/C29H32F4N6O3/c1-3-17(4-2)28(40)42-12-11-41-24-14-23-18(13-21(24)30)5-7-22(35-23)27-37-36-25-8-6-19(15-39(25)27)26(29(31,32)33)38-10-9-20(34)16-38/h5-8,13-15,17,20,26H,3-4,9-12,16,34H2,1-2H3/t20-,26+/m0/s1. The lowest BCUT2D eigenvalue weighted by molar-refractivity contribution is -0.183. The molecule has 0 saturated carbocycles. The molecule has 1 aromatic carbocycles. The second-order valence-electron chi connectivity index (χ2n) is 10.4. The highest BCUT2D eigenvalue weighted by Gasteiger charge is 2.46. The van der Waals surface area contributed by atoms with Crippen LogP contribution < -0.4 is 10.5 Å². The van der Waals surface area contributed by atoms with Crippen LogP contribution in [0.2, 0.25) is 0 Å². The number of hydrogen-bond acceptors (Lipinski definition) is 8. The van der Waals surface area contributed by atoms with Crippen LogP contribution in [0.1, 0.15) is 44.7 Å². The number of nitrogens with two attached hydrogens (primary N) is 1. The molecule has 1 aliphatic heterocycles. The van der Waals surface area contributed by atoms with Gasteiger partial charge in [0.05, 0.1) is 11.4 Å². The minimum Gasteiger partial charge on any atom is -0.487 e. The van der Waals surface area contributed by atoms with E-state index in [1.165, 1.54) is 39.8 Å². The molecular weight excluding hydrogens is 556 g/mol. The molecule has 0 bridgehead atoms. The van der Waals surface area contributed by atoms with E-state index in [9.17, 15) is 22.4 Å². The molecule has 5 rings (SSSR count). The molecule has 1 aliphatic rings. The fourth-order valence-corrected chi connectivity index (χ4v) is 5.29. The zero-order valence-corrected chi connectivity index (χ0v) is 23.3. The number of benzene rings is 1. The molecule has 224 valence electrons. The monoisotopic (exact) mass is 588 g/mol. The number of alkyl halides is 3. The van der Waals surface area contributed by atoms with E-state index in [1.54, 1.807) is 12.1 Å². The summed E-state index contributed by atoms with van der Waals surface area (Å²) < 4.78 is 69.5. The third-order valence-corrected chi connectivity index (χ3v) is 7.55. The number of nitrogens with zero attached hydrogens (tertiary/aromatic N) is 5. The van der Waals surface area contributed by atoms with Crippen LogP contribution in [0.3, 0.4) is 0 Å². The van der Waals surface area contributed by atoms with E-state index in [2.05, 4.69) is 15.2 Å². The first-order valence-corrected chi connectivity index (χ1v) is 13.9. The van der Waals surface area contributed by atoms with E-state index in [4.69, 9.17) is 15.2 Å². The van der Waals surface area contributed by atoms with E-state index in [-0.39, 0.29) is 61.4 Å². The Kier molecular flexibility index (Phi) is 8.60. The fraction of sp³-hybridized carbons (Fsp3) is 0.448. The van der Waals surface area contributed by atoms with Gasteiger partial charge in [-0.25, -0.2) is 9.37 Å². The van der Waals surface area contributed by atoms with Crippen LogP contribution in [0.25, 0.3) is 28.1 Å². The highest BCUT2D eigenvalue weighted by atomic mass is 19.4. The summed E-state index contributed by atoms with van der Waals surface area (Å²) in [5.74, 6) is -0.958. The molecule has 13 heteroatoms. The molecule has 3 aromatic heterocycles. The van der Waals surface area contributed by atoms with Gasteiger partial charge in [0.25, 0.3) is 0 Å². The number of pyridine rings is 2. The van der Waals surface area contributed by atoms with Gasteiger partial charge in [-0.2, -0.15) is 13.2 Å². The summed E-state index contributed by atoms with van der Waals surface area (Å²) >= 11 is 0. The molecule has 0 radical (unpaired) electrons. The van der Waals surface area contributed by atoms with Crippen molar-refractivity contribution < 1.29 is 31.8 Å². The van der Waals surface area contributed by atoms with Crippen LogP contribution in [0.5, 0.6) is 5.75 Å². The molecule has 0 amide bonds. The smallest absolute Gasteiger partial charge is 0.408 e. The topological polar surface area (TPSA) is 108 Å². The number of carbonyl (C=O) groups excluding carboxylic acids is 1. The van der Waals surface area contributed by atoms with Gasteiger partial charge in [0.2, 0.25) is 0 Å². The third kappa shape index (κ3) is 6.16. The highest BCUT2D eigenvalue weighted by molar-refractivity contribution is 5.82. The number of rotatable bonds is 10. The first-order valence-electron chi connectivity index (χ1n) is 13.9. The number of fused-ring (bicyclic) bond motifs is 2. The zero-order chi connectivity index (χ0) is 30.0. The average molecular weight is 589 g/mol. The summed E-state index contributed by atoms with van der Waals surface area (Å²) in [4.78, 5) is 18.0. The van der Waals surface area contributed by atoms with Crippen LogP contribution in [-0.2, 0) is 9.53 Å². The summed E-state index contributed by atoms with van der Waals surface area (Å²) in [5, 5.41) is 8.76. The summed E-state index contributed by atoms with van der Waals surface area (Å²) in [5.41, 5.74) is 6.99. The van der Waals surface area contributed by atoms with Crippen molar-refractivity contribution in [3.63, 3.8) is 0 Å². The van der Waals surface area contributed by atoms with Gasteiger partial charge in [0, 0.05) is 36.8 Å². The van der Waals surface area contributed by atoms with Crippen LogP contribution in [0, 0.1) is 11.7 Å². The molecule has 2 N–H and O–H groups in total. The van der Waals surface area contributed by atoms with Crippen molar-refractivity contribution in [2.24, 2.45) is 11.7 Å². The number of hydrogen-bond donors (Lipinski definition) is 1. The van der Waals surface area contributed by atoms with E-state index >= 15 is 0 Å². The third-order valence-electron chi connectivity index (χ3n) is 7.55. The van der Waals surface area contributed by atoms with E-state index in [0.29, 0.717) is 41.5 Å². The molecular formula is C29H32F4N6O3. The van der Waals surface area contributed by atoms with Crippen molar-refractivity contribution >= 4 is 22.5 Å². The minimum absolute atomic E-state index is 0.0311. The second kappa shape index (κ2) is 12.2. The number of esters is 1. The molecule has 0 spiro atoms. The average Bonchev–Trinajstić information content (AvgIpc) is 3.57. The van der Waals surface area contributed by atoms with Crippen molar-refractivity contribution in [3.05, 3.63) is 54.0 Å². The Morgan fingerprint density at radius 2 is 1.90 bits per heavy atom. The van der Waals surface area contributed by atoms with E-state index in [1.807, 2.05) is 13.8 Å². The molecule has 9 nitrogen and oxygen atoms in total. The Balaban J connectivity index is 1.40. The Morgan fingerprint density at radius 3 is 2.60 bits per heavy atom. The van der Waals surface area contributed by atoms with Gasteiger partial charge in [0.15, 0.2) is 23.0 Å². The highest BCUT2D eigenvalue weighted by Crippen LogP contribution is 2.39. The maximum absolute atomic E-state index is 14.7. The SMILES string of the molecule is CCC(CC)C(=O)OCCOc1cc2nc(-c3nnc4ccc([C@@H](N5CC[C@H](N)C5)C(F)(F)F)cn34)ccc2cc1F. The van der Waals surface area contributed by atoms with Crippen LogP contribution >= 0.6 is 0 Å². The normalized spacial score (nSPS) is 16.9. The fourth-order valence-electron chi connectivity index (χ4n) is 5.29. The summed E-state index contributed by atoms with van der Waals surface area (Å²) in [6, 6.07) is 6.67. The van der Waals surface area contributed by atoms with Crippen molar-refractivity contribution in [2.75, 3.05) is 26.3 Å². The predicted octanol–water partition coefficient (Wildman–Crippen LogP) is 5.08. The van der Waals surface area contributed by atoms with Crippen molar-refractivity contribution in [3.8, 4) is 17.3 Å². The molecule has 0 unspecified atom stereocenters. The minimum atomic E-state index is -4.51. The van der Waals surface area contributed by atoms with Gasteiger partial charge in [-0.3, -0.25) is 14.1 Å².